The maximum absolute atomic E-state index is 12.8. The summed E-state index contributed by atoms with van der Waals surface area (Å²) in [5.41, 5.74) is 0. The van der Waals surface area contributed by atoms with E-state index < -0.39 is 0 Å². The molecule has 2 bridgehead atoms. The summed E-state index contributed by atoms with van der Waals surface area (Å²) in [4.78, 5) is 13.9. The molecule has 0 spiro atoms. The van der Waals surface area contributed by atoms with Crippen molar-refractivity contribution in [2.75, 3.05) is 5.75 Å². The van der Waals surface area contributed by atoms with Gasteiger partial charge in [0.05, 0.1) is 10.6 Å². The minimum atomic E-state index is 0.161. The molecule has 2 aromatic rings. The number of fused-ring (bicyclic) bond motifs is 2. The predicted octanol–water partition coefficient (Wildman–Crippen LogP) is 5.40. The van der Waals surface area contributed by atoms with Crippen LogP contribution in [-0.4, -0.2) is 32.5 Å². The minimum Gasteiger partial charge on any atom is -0.352 e. The SMILES string of the molecule is CC(C1CC2CCC1C2)n1c(SCC(=O)NC(C2CC2)C2CC2)nnc1-c1cccs1. The van der Waals surface area contributed by atoms with Crippen LogP contribution in [0.1, 0.15) is 64.3 Å². The summed E-state index contributed by atoms with van der Waals surface area (Å²) < 4.78 is 2.36. The van der Waals surface area contributed by atoms with Gasteiger partial charge >= 0.3 is 0 Å². The Bertz CT molecular complexity index is 922. The summed E-state index contributed by atoms with van der Waals surface area (Å²) in [7, 11) is 0. The van der Waals surface area contributed by atoms with E-state index in [1.54, 1.807) is 23.1 Å². The molecule has 2 heterocycles. The van der Waals surface area contributed by atoms with Crippen LogP contribution in [0.15, 0.2) is 22.7 Å². The molecule has 4 atom stereocenters. The van der Waals surface area contributed by atoms with E-state index in [0.717, 1.165) is 34.7 Å². The molecule has 166 valence electrons. The van der Waals surface area contributed by atoms with Crippen molar-refractivity contribution in [3.8, 4) is 10.7 Å². The van der Waals surface area contributed by atoms with Crippen molar-refractivity contribution < 1.29 is 4.79 Å². The number of nitrogens with zero attached hydrogens (tertiary/aromatic N) is 3. The summed E-state index contributed by atoms with van der Waals surface area (Å²) in [6.45, 7) is 2.35. The molecule has 0 aromatic carbocycles. The van der Waals surface area contributed by atoms with Gasteiger partial charge in [-0.15, -0.1) is 21.5 Å². The Labute approximate surface area is 192 Å². The molecule has 6 rings (SSSR count). The second kappa shape index (κ2) is 8.22. The van der Waals surface area contributed by atoms with Gasteiger partial charge < -0.3 is 5.32 Å². The van der Waals surface area contributed by atoms with Crippen LogP contribution < -0.4 is 5.32 Å². The van der Waals surface area contributed by atoms with Crippen molar-refractivity contribution in [2.24, 2.45) is 29.6 Å². The molecule has 0 saturated heterocycles. The molecular formula is C24H32N4OS2. The van der Waals surface area contributed by atoms with Crippen molar-refractivity contribution >= 4 is 29.0 Å². The number of nitrogens with one attached hydrogen (secondary N) is 1. The number of aromatic nitrogens is 3. The van der Waals surface area contributed by atoms with Crippen molar-refractivity contribution in [2.45, 2.75) is 75.5 Å². The third-order valence-corrected chi connectivity index (χ3v) is 9.95. The van der Waals surface area contributed by atoms with Crippen LogP contribution in [-0.2, 0) is 4.79 Å². The first kappa shape index (κ1) is 20.3. The van der Waals surface area contributed by atoms with E-state index in [2.05, 4.69) is 44.5 Å². The van der Waals surface area contributed by atoms with Crippen LogP contribution in [0.2, 0.25) is 0 Å². The maximum Gasteiger partial charge on any atom is 0.230 e. The first-order chi connectivity index (χ1) is 15.2. The van der Waals surface area contributed by atoms with Crippen LogP contribution in [0, 0.1) is 29.6 Å². The lowest BCUT2D eigenvalue weighted by atomic mass is 9.84. The van der Waals surface area contributed by atoms with Gasteiger partial charge in [-0.05, 0) is 92.9 Å². The van der Waals surface area contributed by atoms with Gasteiger partial charge in [-0.1, -0.05) is 24.2 Å². The number of rotatable bonds is 9. The molecule has 1 N–H and O–H groups in total. The summed E-state index contributed by atoms with van der Waals surface area (Å²) in [5.74, 6) is 5.50. The van der Waals surface area contributed by atoms with Crippen LogP contribution in [0.25, 0.3) is 10.7 Å². The highest BCUT2D eigenvalue weighted by atomic mass is 32.2. The number of amides is 1. The first-order valence-electron chi connectivity index (χ1n) is 12.1. The number of thiophene rings is 1. The normalized spacial score (nSPS) is 28.4. The van der Waals surface area contributed by atoms with Crippen LogP contribution >= 0.6 is 23.1 Å². The van der Waals surface area contributed by atoms with Gasteiger partial charge in [-0.25, -0.2) is 0 Å². The van der Waals surface area contributed by atoms with Gasteiger partial charge in [0, 0.05) is 12.1 Å². The average Bonchev–Trinajstić information content (AvgIpc) is 3.57. The van der Waals surface area contributed by atoms with E-state index in [4.69, 9.17) is 0 Å². The van der Waals surface area contributed by atoms with Gasteiger partial charge in [0.2, 0.25) is 5.91 Å². The molecule has 4 unspecified atom stereocenters. The fourth-order valence-corrected chi connectivity index (χ4v) is 7.82. The Morgan fingerprint density at radius 2 is 2.00 bits per heavy atom. The molecule has 5 nitrogen and oxygen atoms in total. The molecule has 31 heavy (non-hydrogen) atoms. The smallest absolute Gasteiger partial charge is 0.230 e. The Hall–Kier alpha value is -1.34. The lowest BCUT2D eigenvalue weighted by Crippen LogP contribution is -2.39. The number of hydrogen-bond donors (Lipinski definition) is 1. The van der Waals surface area contributed by atoms with E-state index in [-0.39, 0.29) is 5.91 Å². The first-order valence-corrected chi connectivity index (χ1v) is 13.9. The van der Waals surface area contributed by atoms with Gasteiger partial charge in [0.15, 0.2) is 11.0 Å². The Morgan fingerprint density at radius 3 is 2.61 bits per heavy atom. The van der Waals surface area contributed by atoms with Crippen LogP contribution in [0.3, 0.4) is 0 Å². The topological polar surface area (TPSA) is 59.8 Å². The highest BCUT2D eigenvalue weighted by Gasteiger charge is 2.44. The Balaban J connectivity index is 1.19. The molecule has 4 saturated carbocycles. The summed E-state index contributed by atoms with van der Waals surface area (Å²) in [6, 6.07) is 5.01. The molecule has 7 heteroatoms. The lowest BCUT2D eigenvalue weighted by molar-refractivity contribution is -0.119. The van der Waals surface area contributed by atoms with Crippen molar-refractivity contribution in [1.82, 2.24) is 20.1 Å². The van der Waals surface area contributed by atoms with Crippen LogP contribution in [0.5, 0.6) is 0 Å². The maximum atomic E-state index is 12.8. The van der Waals surface area contributed by atoms with Crippen molar-refractivity contribution in [3.63, 3.8) is 0 Å². The van der Waals surface area contributed by atoms with E-state index in [1.807, 2.05) is 0 Å². The Kier molecular flexibility index (Phi) is 5.37. The van der Waals surface area contributed by atoms with Crippen molar-refractivity contribution in [1.29, 1.82) is 0 Å². The highest BCUT2D eigenvalue weighted by Crippen LogP contribution is 2.53. The number of carbonyl (C=O) groups is 1. The van der Waals surface area contributed by atoms with E-state index in [9.17, 15) is 4.79 Å². The zero-order valence-electron chi connectivity index (χ0n) is 18.2. The molecule has 4 aliphatic rings. The number of carbonyl (C=O) groups excluding carboxylic acids is 1. The summed E-state index contributed by atoms with van der Waals surface area (Å²) in [6.07, 6.45) is 10.7. The largest absolute Gasteiger partial charge is 0.352 e. The summed E-state index contributed by atoms with van der Waals surface area (Å²) >= 11 is 3.29. The molecule has 2 aromatic heterocycles. The molecule has 0 aliphatic heterocycles. The standard InChI is InChI=1S/C24H32N4OS2/c1-14(19-12-15-4-5-18(19)11-15)28-23(20-3-2-10-30-20)26-27-24(28)31-13-21(29)25-22(16-6-7-16)17-8-9-17/h2-3,10,14-19,22H,4-9,11-13H2,1H3,(H,25,29). The van der Waals surface area contributed by atoms with Gasteiger partial charge in [-0.3, -0.25) is 9.36 Å². The molecule has 4 fully saturated rings. The third-order valence-electron chi connectivity index (χ3n) is 8.15. The molecule has 4 aliphatic carbocycles. The fourth-order valence-electron chi connectivity index (χ4n) is 6.28. The minimum absolute atomic E-state index is 0.161. The van der Waals surface area contributed by atoms with E-state index in [1.165, 1.54) is 56.2 Å². The predicted molar refractivity (Wildman–Crippen MR) is 125 cm³/mol. The van der Waals surface area contributed by atoms with Gasteiger partial charge in [0.1, 0.15) is 0 Å². The zero-order chi connectivity index (χ0) is 20.9. The van der Waals surface area contributed by atoms with Gasteiger partial charge in [0.25, 0.3) is 0 Å². The average molecular weight is 457 g/mol. The van der Waals surface area contributed by atoms with E-state index in [0.29, 0.717) is 23.8 Å². The number of hydrogen-bond acceptors (Lipinski definition) is 5. The lowest BCUT2D eigenvalue weighted by Gasteiger charge is -2.30. The van der Waals surface area contributed by atoms with Crippen LogP contribution in [0.4, 0.5) is 0 Å². The fraction of sp³-hybridized carbons (Fsp3) is 0.708. The quantitative estimate of drug-likeness (QED) is 0.513. The second-order valence-electron chi connectivity index (χ2n) is 10.3. The number of thioether (sulfide) groups is 1. The zero-order valence-corrected chi connectivity index (χ0v) is 19.8. The van der Waals surface area contributed by atoms with E-state index >= 15 is 0 Å². The molecular weight excluding hydrogens is 424 g/mol. The monoisotopic (exact) mass is 456 g/mol. The Morgan fingerprint density at radius 1 is 1.19 bits per heavy atom. The van der Waals surface area contributed by atoms with Crippen molar-refractivity contribution in [3.05, 3.63) is 17.5 Å². The second-order valence-corrected chi connectivity index (χ2v) is 12.2. The van der Waals surface area contributed by atoms with Gasteiger partial charge in [-0.2, -0.15) is 0 Å². The highest BCUT2D eigenvalue weighted by molar-refractivity contribution is 7.99. The molecule has 1 amide bonds. The summed E-state index contributed by atoms with van der Waals surface area (Å²) in [5, 5.41) is 15.5. The third kappa shape index (κ3) is 4.08. The molecule has 0 radical (unpaired) electrons.